The lowest BCUT2D eigenvalue weighted by molar-refractivity contribution is 0.0883. The Kier molecular flexibility index (Phi) is 6.57. The summed E-state index contributed by atoms with van der Waals surface area (Å²) in [6.45, 7) is 6.33. The van der Waals surface area contributed by atoms with Crippen LogP contribution in [0.25, 0.3) is 0 Å². The highest BCUT2D eigenvalue weighted by molar-refractivity contribution is 7.89. The second-order valence-electron chi connectivity index (χ2n) is 6.66. The first-order valence-electron chi connectivity index (χ1n) is 8.32. The van der Waals surface area contributed by atoms with Crippen LogP contribution < -0.4 is 15.8 Å². The average molecular weight is 396 g/mol. The van der Waals surface area contributed by atoms with Crippen LogP contribution in [-0.2, 0) is 16.6 Å². The number of carbonyl (C=O) groups is 1. The Morgan fingerprint density at radius 2 is 2.00 bits per heavy atom. The van der Waals surface area contributed by atoms with Crippen LogP contribution >= 0.6 is 11.3 Å². The Bertz CT molecular complexity index is 848. The van der Waals surface area contributed by atoms with Crippen molar-refractivity contribution in [3.63, 3.8) is 0 Å². The highest BCUT2D eigenvalue weighted by Crippen LogP contribution is 2.18. The van der Waals surface area contributed by atoms with Crippen LogP contribution in [0.1, 0.15) is 36.0 Å². The molecule has 1 atom stereocenters. The standard InChI is InChI=1S/C18H25N3O3S2/c1-13(2)18(3,12-19)21-17(22)14-6-4-8-16(10-14)26(23,24)20-11-15-7-5-9-25-15/h4-10,13,20H,11-12,19H2,1-3H3,(H,21,22). The Balaban J connectivity index is 2.17. The van der Waals surface area contributed by atoms with E-state index < -0.39 is 15.6 Å². The smallest absolute Gasteiger partial charge is 0.251 e. The van der Waals surface area contributed by atoms with Crippen molar-refractivity contribution in [2.75, 3.05) is 6.54 Å². The fraction of sp³-hybridized carbons (Fsp3) is 0.389. The van der Waals surface area contributed by atoms with Crippen molar-refractivity contribution in [3.8, 4) is 0 Å². The lowest BCUT2D eigenvalue weighted by Crippen LogP contribution is -2.55. The van der Waals surface area contributed by atoms with Crippen molar-refractivity contribution in [2.24, 2.45) is 11.7 Å². The second kappa shape index (κ2) is 8.30. The number of amides is 1. The molecule has 1 aromatic carbocycles. The van der Waals surface area contributed by atoms with E-state index in [9.17, 15) is 13.2 Å². The van der Waals surface area contributed by atoms with E-state index in [-0.39, 0.29) is 35.4 Å². The first-order valence-corrected chi connectivity index (χ1v) is 10.7. The van der Waals surface area contributed by atoms with E-state index in [2.05, 4.69) is 10.0 Å². The third-order valence-corrected chi connectivity index (χ3v) is 6.80. The predicted molar refractivity (Wildman–Crippen MR) is 105 cm³/mol. The van der Waals surface area contributed by atoms with Crippen LogP contribution in [0.2, 0.25) is 0 Å². The van der Waals surface area contributed by atoms with Crippen molar-refractivity contribution >= 4 is 27.3 Å². The zero-order valence-corrected chi connectivity index (χ0v) is 16.8. The minimum Gasteiger partial charge on any atom is -0.345 e. The molecule has 0 radical (unpaired) electrons. The number of benzene rings is 1. The fourth-order valence-corrected chi connectivity index (χ4v) is 4.02. The van der Waals surface area contributed by atoms with E-state index in [1.54, 1.807) is 12.1 Å². The Hall–Kier alpha value is -1.74. The molecule has 8 heteroatoms. The van der Waals surface area contributed by atoms with E-state index in [1.165, 1.54) is 23.5 Å². The highest BCUT2D eigenvalue weighted by atomic mass is 32.2. The summed E-state index contributed by atoms with van der Waals surface area (Å²) in [5.41, 5.74) is 5.52. The van der Waals surface area contributed by atoms with Crippen molar-refractivity contribution in [3.05, 3.63) is 52.2 Å². The van der Waals surface area contributed by atoms with Crippen molar-refractivity contribution in [1.82, 2.24) is 10.0 Å². The Morgan fingerprint density at radius 3 is 2.58 bits per heavy atom. The molecule has 2 rings (SSSR count). The molecule has 6 nitrogen and oxygen atoms in total. The molecule has 1 aromatic heterocycles. The first-order chi connectivity index (χ1) is 12.2. The molecule has 142 valence electrons. The van der Waals surface area contributed by atoms with Gasteiger partial charge in [-0.25, -0.2) is 13.1 Å². The molecule has 0 saturated heterocycles. The molecule has 0 bridgehead atoms. The van der Waals surface area contributed by atoms with Gasteiger partial charge in [0.1, 0.15) is 0 Å². The lowest BCUT2D eigenvalue weighted by atomic mass is 9.88. The maximum atomic E-state index is 12.6. The maximum Gasteiger partial charge on any atom is 0.251 e. The molecule has 0 spiro atoms. The molecular weight excluding hydrogens is 370 g/mol. The van der Waals surface area contributed by atoms with Gasteiger partial charge in [-0.2, -0.15) is 0 Å². The van der Waals surface area contributed by atoms with Gasteiger partial charge in [0.2, 0.25) is 10.0 Å². The van der Waals surface area contributed by atoms with Crippen LogP contribution in [0.3, 0.4) is 0 Å². The summed E-state index contributed by atoms with van der Waals surface area (Å²) < 4.78 is 27.5. The fourth-order valence-electron chi connectivity index (χ4n) is 2.23. The summed E-state index contributed by atoms with van der Waals surface area (Å²) in [6.07, 6.45) is 0. The van der Waals surface area contributed by atoms with E-state index in [0.29, 0.717) is 0 Å². The number of nitrogens with two attached hydrogens (primary N) is 1. The molecule has 4 N–H and O–H groups in total. The number of carbonyl (C=O) groups excluding carboxylic acids is 1. The lowest BCUT2D eigenvalue weighted by Gasteiger charge is -2.33. The molecule has 0 fully saturated rings. The Labute approximate surface area is 158 Å². The summed E-state index contributed by atoms with van der Waals surface area (Å²) in [5.74, 6) is -0.210. The molecular formula is C18H25N3O3S2. The molecule has 0 aliphatic carbocycles. The molecule has 0 aliphatic heterocycles. The monoisotopic (exact) mass is 395 g/mol. The molecule has 26 heavy (non-hydrogen) atoms. The van der Waals surface area contributed by atoms with Gasteiger partial charge in [0, 0.05) is 23.5 Å². The zero-order chi connectivity index (χ0) is 19.4. The van der Waals surface area contributed by atoms with Gasteiger partial charge >= 0.3 is 0 Å². The molecule has 0 aliphatic rings. The van der Waals surface area contributed by atoms with Crippen molar-refractivity contribution in [2.45, 2.75) is 37.8 Å². The molecule has 1 amide bonds. The van der Waals surface area contributed by atoms with E-state index in [0.717, 1.165) is 4.88 Å². The maximum absolute atomic E-state index is 12.6. The van der Waals surface area contributed by atoms with E-state index in [4.69, 9.17) is 5.73 Å². The van der Waals surface area contributed by atoms with Gasteiger partial charge in [0.05, 0.1) is 10.4 Å². The van der Waals surface area contributed by atoms with Gasteiger partial charge in [-0.05, 0) is 42.5 Å². The van der Waals surface area contributed by atoms with Crippen molar-refractivity contribution < 1.29 is 13.2 Å². The third-order valence-electron chi connectivity index (χ3n) is 4.52. The quantitative estimate of drug-likeness (QED) is 0.638. The second-order valence-corrected chi connectivity index (χ2v) is 9.46. The topological polar surface area (TPSA) is 101 Å². The summed E-state index contributed by atoms with van der Waals surface area (Å²) >= 11 is 1.48. The third kappa shape index (κ3) is 4.91. The number of hydrogen-bond donors (Lipinski definition) is 3. The van der Waals surface area contributed by atoms with Crippen LogP contribution in [0.4, 0.5) is 0 Å². The molecule has 1 unspecified atom stereocenters. The zero-order valence-electron chi connectivity index (χ0n) is 15.2. The van der Waals surface area contributed by atoms with E-state index in [1.807, 2.05) is 38.3 Å². The van der Waals surface area contributed by atoms with Gasteiger partial charge in [-0.1, -0.05) is 26.0 Å². The van der Waals surface area contributed by atoms with Gasteiger partial charge < -0.3 is 11.1 Å². The molecule has 0 saturated carbocycles. The van der Waals surface area contributed by atoms with Crippen LogP contribution in [0.15, 0.2) is 46.7 Å². The number of hydrogen-bond acceptors (Lipinski definition) is 5. The molecule has 1 heterocycles. The number of rotatable bonds is 8. The van der Waals surface area contributed by atoms with Crippen LogP contribution in [0.5, 0.6) is 0 Å². The largest absolute Gasteiger partial charge is 0.345 e. The van der Waals surface area contributed by atoms with Crippen LogP contribution in [0, 0.1) is 5.92 Å². The van der Waals surface area contributed by atoms with Gasteiger partial charge in [0.25, 0.3) is 5.91 Å². The summed E-state index contributed by atoms with van der Waals surface area (Å²) in [5, 5.41) is 4.80. The summed E-state index contributed by atoms with van der Waals surface area (Å²) in [6, 6.07) is 9.72. The highest BCUT2D eigenvalue weighted by Gasteiger charge is 2.29. The average Bonchev–Trinajstić information content (AvgIpc) is 3.13. The molecule has 2 aromatic rings. The van der Waals surface area contributed by atoms with Gasteiger partial charge in [-0.3, -0.25) is 4.79 Å². The van der Waals surface area contributed by atoms with E-state index >= 15 is 0 Å². The SMILES string of the molecule is CC(C)C(C)(CN)NC(=O)c1cccc(S(=O)(=O)NCc2cccs2)c1. The number of thiophene rings is 1. The number of nitrogens with one attached hydrogen (secondary N) is 2. The van der Waals surface area contributed by atoms with Crippen molar-refractivity contribution in [1.29, 1.82) is 0 Å². The van der Waals surface area contributed by atoms with Crippen LogP contribution in [-0.4, -0.2) is 26.4 Å². The van der Waals surface area contributed by atoms with Gasteiger partial charge in [0.15, 0.2) is 0 Å². The van der Waals surface area contributed by atoms with Gasteiger partial charge in [-0.15, -0.1) is 11.3 Å². The first kappa shape index (κ1) is 20.6. The minimum absolute atomic E-state index is 0.0562. The summed E-state index contributed by atoms with van der Waals surface area (Å²) in [7, 11) is -3.71. The minimum atomic E-state index is -3.71. The Morgan fingerprint density at radius 1 is 1.27 bits per heavy atom. The predicted octanol–water partition coefficient (Wildman–Crippen LogP) is 2.33. The normalized spacial score (nSPS) is 14.2. The number of sulfonamides is 1. The summed E-state index contributed by atoms with van der Waals surface area (Å²) in [4.78, 5) is 13.5.